The molecule has 1 unspecified atom stereocenters. The molecule has 0 saturated heterocycles. The molecule has 120 valence electrons. The Morgan fingerprint density at radius 2 is 1.83 bits per heavy atom. The van der Waals surface area contributed by atoms with Gasteiger partial charge in [0, 0.05) is 6.92 Å². The molecule has 0 radical (unpaired) electrons. The summed E-state index contributed by atoms with van der Waals surface area (Å²) in [4.78, 5) is 29.3. The van der Waals surface area contributed by atoms with Crippen LogP contribution in [-0.2, 0) is 19.0 Å². The third-order valence-electron chi connectivity index (χ3n) is 3.73. The Morgan fingerprint density at radius 3 is 2.39 bits per heavy atom. The minimum absolute atomic E-state index is 0.0461. The van der Waals surface area contributed by atoms with E-state index in [1.165, 1.54) is 20.1 Å². The van der Waals surface area contributed by atoms with Crippen molar-refractivity contribution in [2.75, 3.05) is 14.2 Å². The summed E-state index contributed by atoms with van der Waals surface area (Å²) < 4.78 is 15.3. The summed E-state index contributed by atoms with van der Waals surface area (Å²) in [5.41, 5.74) is -2.65. The zero-order valence-electron chi connectivity index (χ0n) is 12.5. The maximum absolute atomic E-state index is 12.9. The summed E-state index contributed by atoms with van der Waals surface area (Å²) in [5, 5.41) is 20.1. The van der Waals surface area contributed by atoms with Crippen LogP contribution in [0.2, 0.25) is 0 Å². The van der Waals surface area contributed by atoms with E-state index in [9.17, 15) is 19.8 Å². The summed E-state index contributed by atoms with van der Waals surface area (Å²) in [5.74, 6) is -2.60. The highest BCUT2D eigenvalue weighted by molar-refractivity contribution is 6.26. The van der Waals surface area contributed by atoms with Gasteiger partial charge in [-0.1, -0.05) is 0 Å². The Bertz CT molecular complexity index is 808. The van der Waals surface area contributed by atoms with Crippen LogP contribution in [0.1, 0.15) is 22.8 Å². The smallest absolute Gasteiger partial charge is 0.365 e. The first-order valence-electron chi connectivity index (χ1n) is 6.60. The number of nitrogens with zero attached hydrogens (tertiary/aromatic N) is 1. The molecule has 23 heavy (non-hydrogen) atoms. The molecule has 2 N–H and O–H groups in total. The van der Waals surface area contributed by atoms with Gasteiger partial charge in [0.15, 0.2) is 11.7 Å². The highest BCUT2D eigenvalue weighted by Crippen LogP contribution is 2.49. The highest BCUT2D eigenvalue weighted by atomic mass is 16.6. The van der Waals surface area contributed by atoms with Crippen LogP contribution in [0.25, 0.3) is 5.76 Å². The molecule has 2 aliphatic rings. The lowest BCUT2D eigenvalue weighted by Gasteiger charge is -2.31. The van der Waals surface area contributed by atoms with Gasteiger partial charge in [-0.05, 0) is 12.1 Å². The van der Waals surface area contributed by atoms with Crippen LogP contribution in [0.4, 0.5) is 0 Å². The Morgan fingerprint density at radius 1 is 1.22 bits per heavy atom. The molecule has 1 aliphatic carbocycles. The molecule has 0 bridgehead atoms. The fraction of sp³-hybridized carbons (Fsp3) is 0.267. The number of benzene rings is 1. The van der Waals surface area contributed by atoms with E-state index in [1.807, 2.05) is 0 Å². The van der Waals surface area contributed by atoms with Crippen molar-refractivity contribution in [3.63, 3.8) is 0 Å². The van der Waals surface area contributed by atoms with Crippen molar-refractivity contribution in [1.82, 2.24) is 0 Å². The van der Waals surface area contributed by atoms with Crippen LogP contribution in [0.5, 0.6) is 11.5 Å². The quantitative estimate of drug-likeness (QED) is 0.474. The number of carbonyl (C=O) groups is 2. The number of aliphatic imine (C=N–C) groups is 1. The number of phenols is 2. The van der Waals surface area contributed by atoms with Crippen LogP contribution in [0.3, 0.4) is 0 Å². The summed E-state index contributed by atoms with van der Waals surface area (Å²) in [6.45, 7) is 1.46. The lowest BCUT2D eigenvalue weighted by molar-refractivity contribution is -0.152. The van der Waals surface area contributed by atoms with E-state index >= 15 is 0 Å². The minimum atomic E-state index is -2.19. The van der Waals surface area contributed by atoms with E-state index in [1.54, 1.807) is 0 Å². The van der Waals surface area contributed by atoms with Gasteiger partial charge in [0.1, 0.15) is 17.2 Å². The Hall–Kier alpha value is -3.03. The number of Topliss-reactive ketones (excluding diaryl/α,β-unsaturated/α-hetero) is 1. The second-order valence-corrected chi connectivity index (χ2v) is 4.97. The number of aromatic hydroxyl groups is 2. The van der Waals surface area contributed by atoms with Gasteiger partial charge in [-0.3, -0.25) is 4.79 Å². The van der Waals surface area contributed by atoms with E-state index in [-0.39, 0.29) is 34.2 Å². The topological polar surface area (TPSA) is 115 Å². The molecule has 1 aromatic carbocycles. The average molecular weight is 319 g/mol. The molecule has 0 aromatic heterocycles. The van der Waals surface area contributed by atoms with Crippen LogP contribution < -0.4 is 0 Å². The number of fused-ring (bicyclic) bond motifs is 2. The molecule has 0 spiro atoms. The van der Waals surface area contributed by atoms with Crippen molar-refractivity contribution in [2.24, 2.45) is 4.99 Å². The van der Waals surface area contributed by atoms with Gasteiger partial charge in [-0.2, -0.15) is 0 Å². The fourth-order valence-corrected chi connectivity index (χ4v) is 2.80. The summed E-state index contributed by atoms with van der Waals surface area (Å²) in [6, 6.07) is 2.34. The first-order chi connectivity index (χ1) is 10.9. The third kappa shape index (κ3) is 1.68. The van der Waals surface area contributed by atoms with Gasteiger partial charge < -0.3 is 24.4 Å². The SMILES string of the molecule is COC(=O)C12OC(C)=NC1=C(OC)c1c(O)ccc(O)c1C2=O. The van der Waals surface area contributed by atoms with Crippen LogP contribution >= 0.6 is 0 Å². The second-order valence-electron chi connectivity index (χ2n) is 4.97. The number of ketones is 1. The van der Waals surface area contributed by atoms with Crippen LogP contribution in [0.15, 0.2) is 22.8 Å². The van der Waals surface area contributed by atoms with Gasteiger partial charge in [0.2, 0.25) is 5.78 Å². The molecule has 0 amide bonds. The molecule has 8 nitrogen and oxygen atoms in total. The Labute approximate surface area is 130 Å². The molecular weight excluding hydrogens is 306 g/mol. The molecular formula is C15H13NO7. The number of phenolic OH excluding ortho intramolecular Hbond substituents is 2. The first kappa shape index (κ1) is 14.9. The molecule has 8 heteroatoms. The van der Waals surface area contributed by atoms with E-state index in [0.29, 0.717) is 0 Å². The summed E-state index contributed by atoms with van der Waals surface area (Å²) in [7, 11) is 2.39. The zero-order valence-corrected chi connectivity index (χ0v) is 12.5. The Kier molecular flexibility index (Phi) is 3.06. The normalized spacial score (nSPS) is 22.0. The number of esters is 1. The lowest BCUT2D eigenvalue weighted by atomic mass is 9.80. The zero-order chi connectivity index (χ0) is 16.9. The number of carbonyl (C=O) groups excluding carboxylic acids is 2. The van der Waals surface area contributed by atoms with Crippen molar-refractivity contribution in [3.05, 3.63) is 29.0 Å². The van der Waals surface area contributed by atoms with Gasteiger partial charge in [-0.25, -0.2) is 9.79 Å². The van der Waals surface area contributed by atoms with E-state index in [2.05, 4.69) is 4.99 Å². The van der Waals surface area contributed by atoms with Crippen molar-refractivity contribution in [2.45, 2.75) is 12.5 Å². The van der Waals surface area contributed by atoms with Gasteiger partial charge in [-0.15, -0.1) is 0 Å². The second kappa shape index (κ2) is 4.73. The molecule has 1 heterocycles. The predicted octanol–water partition coefficient (Wildman–Crippen LogP) is 0.969. The van der Waals surface area contributed by atoms with Crippen LogP contribution in [-0.4, -0.2) is 47.7 Å². The first-order valence-corrected chi connectivity index (χ1v) is 6.60. The predicted molar refractivity (Wildman–Crippen MR) is 77.0 cm³/mol. The number of rotatable bonds is 2. The van der Waals surface area contributed by atoms with Gasteiger partial charge >= 0.3 is 11.6 Å². The maximum Gasteiger partial charge on any atom is 0.365 e. The third-order valence-corrected chi connectivity index (χ3v) is 3.73. The molecule has 1 aliphatic heterocycles. The summed E-state index contributed by atoms with van der Waals surface area (Å²) >= 11 is 0. The number of methoxy groups -OCH3 is 2. The monoisotopic (exact) mass is 319 g/mol. The van der Waals surface area contributed by atoms with E-state index in [4.69, 9.17) is 14.2 Å². The van der Waals surface area contributed by atoms with Crippen molar-refractivity contribution in [3.8, 4) is 11.5 Å². The molecule has 0 fully saturated rings. The molecule has 1 atom stereocenters. The summed E-state index contributed by atoms with van der Waals surface area (Å²) in [6.07, 6.45) is 0. The molecule has 1 aromatic rings. The van der Waals surface area contributed by atoms with Crippen molar-refractivity contribution in [1.29, 1.82) is 0 Å². The number of hydrogen-bond acceptors (Lipinski definition) is 8. The highest BCUT2D eigenvalue weighted by Gasteiger charge is 2.62. The van der Waals surface area contributed by atoms with Gasteiger partial charge in [0.25, 0.3) is 0 Å². The van der Waals surface area contributed by atoms with Crippen LogP contribution in [0, 0.1) is 0 Å². The van der Waals surface area contributed by atoms with E-state index < -0.39 is 23.1 Å². The maximum atomic E-state index is 12.9. The number of hydrogen-bond donors (Lipinski definition) is 2. The standard InChI is InChI=1S/C15H13NO7/c1-6-16-12-11(21-2)9-7(17)4-5-8(18)10(9)13(19)15(12,23-6)14(20)22-3/h4-5,17-18H,1-3H3. The van der Waals surface area contributed by atoms with Crippen molar-refractivity contribution < 1.29 is 34.0 Å². The molecule has 0 saturated carbocycles. The lowest BCUT2D eigenvalue weighted by Crippen LogP contribution is -2.51. The van der Waals surface area contributed by atoms with Crippen molar-refractivity contribution >= 4 is 23.4 Å². The molecule has 3 rings (SSSR count). The Balaban J connectivity index is 2.45. The van der Waals surface area contributed by atoms with Gasteiger partial charge in [0.05, 0.1) is 25.3 Å². The number of ether oxygens (including phenoxy) is 3. The average Bonchev–Trinajstić information content (AvgIpc) is 2.89. The minimum Gasteiger partial charge on any atom is -0.507 e. The fourth-order valence-electron chi connectivity index (χ4n) is 2.80. The van der Waals surface area contributed by atoms with E-state index in [0.717, 1.165) is 13.2 Å². The largest absolute Gasteiger partial charge is 0.507 e.